The lowest BCUT2D eigenvalue weighted by atomic mass is 10.2. The summed E-state index contributed by atoms with van der Waals surface area (Å²) in [4.78, 5) is 16.4. The first kappa shape index (κ1) is 18.8. The monoisotopic (exact) mass is 377 g/mol. The molecule has 0 fully saturated rings. The number of nitrogens with one attached hydrogen (secondary N) is 1. The van der Waals surface area contributed by atoms with E-state index in [1.54, 1.807) is 28.8 Å². The quantitative estimate of drug-likeness (QED) is 0.714. The third kappa shape index (κ3) is 4.99. The molecule has 3 rings (SSSR count). The largest absolute Gasteiger partial charge is 0.486 e. The van der Waals surface area contributed by atoms with Crippen LogP contribution < -0.4 is 10.1 Å². The summed E-state index contributed by atoms with van der Waals surface area (Å²) in [7, 11) is 0. The Bertz CT molecular complexity index is 934. The van der Waals surface area contributed by atoms with Gasteiger partial charge in [-0.1, -0.05) is 29.8 Å². The van der Waals surface area contributed by atoms with Gasteiger partial charge in [-0.15, -0.1) is 0 Å². The number of carbonyl (C=O) groups is 1. The van der Waals surface area contributed by atoms with E-state index in [1.165, 1.54) is 0 Å². The number of aromatic nitrogens is 2. The molecule has 0 radical (unpaired) electrons. The summed E-state index contributed by atoms with van der Waals surface area (Å²) in [6.07, 6.45) is -4.45. The Labute approximate surface area is 153 Å². The zero-order valence-corrected chi connectivity index (χ0v) is 14.6. The van der Waals surface area contributed by atoms with Crippen molar-refractivity contribution >= 4 is 16.9 Å². The Morgan fingerprint density at radius 1 is 1.15 bits per heavy atom. The van der Waals surface area contributed by atoms with E-state index in [1.807, 2.05) is 36.5 Å². The number of hydrogen-bond donors (Lipinski definition) is 1. The first-order valence-electron chi connectivity index (χ1n) is 8.29. The van der Waals surface area contributed by atoms with Crippen molar-refractivity contribution in [2.24, 2.45) is 0 Å². The SMILES string of the molecule is Cc1ccc(OCc2nc3ccccc3n2CC(=O)NCC(F)(F)F)cc1. The second kappa shape index (κ2) is 7.69. The number of imidazole rings is 1. The summed E-state index contributed by atoms with van der Waals surface area (Å²) in [5.41, 5.74) is 2.39. The highest BCUT2D eigenvalue weighted by Crippen LogP contribution is 2.19. The van der Waals surface area contributed by atoms with Crippen molar-refractivity contribution in [1.29, 1.82) is 0 Å². The van der Waals surface area contributed by atoms with Crippen molar-refractivity contribution in [1.82, 2.24) is 14.9 Å². The molecule has 142 valence electrons. The van der Waals surface area contributed by atoms with Gasteiger partial charge in [0.1, 0.15) is 31.3 Å². The van der Waals surface area contributed by atoms with Crippen molar-refractivity contribution < 1.29 is 22.7 Å². The molecule has 8 heteroatoms. The summed E-state index contributed by atoms with van der Waals surface area (Å²) < 4.78 is 44.2. The van der Waals surface area contributed by atoms with Gasteiger partial charge in [0.2, 0.25) is 5.91 Å². The minimum Gasteiger partial charge on any atom is -0.486 e. The second-order valence-electron chi connectivity index (χ2n) is 6.10. The fourth-order valence-electron chi connectivity index (χ4n) is 2.59. The smallest absolute Gasteiger partial charge is 0.405 e. The van der Waals surface area contributed by atoms with Crippen molar-refractivity contribution in [2.75, 3.05) is 6.54 Å². The van der Waals surface area contributed by atoms with Crippen molar-refractivity contribution in [3.8, 4) is 5.75 Å². The summed E-state index contributed by atoms with van der Waals surface area (Å²) in [6.45, 7) is 0.407. The van der Waals surface area contributed by atoms with Crippen LogP contribution in [-0.2, 0) is 17.9 Å². The molecule has 0 aliphatic rings. The molecule has 0 aliphatic carbocycles. The van der Waals surface area contributed by atoms with E-state index in [-0.39, 0.29) is 13.2 Å². The Kier molecular flexibility index (Phi) is 5.34. The zero-order chi connectivity index (χ0) is 19.4. The van der Waals surface area contributed by atoms with Crippen LogP contribution in [0, 0.1) is 6.92 Å². The van der Waals surface area contributed by atoms with Crippen LogP contribution in [0.15, 0.2) is 48.5 Å². The van der Waals surface area contributed by atoms with Crippen molar-refractivity contribution in [2.45, 2.75) is 26.3 Å². The first-order chi connectivity index (χ1) is 12.8. The Morgan fingerprint density at radius 2 is 1.85 bits per heavy atom. The second-order valence-corrected chi connectivity index (χ2v) is 6.10. The predicted octanol–water partition coefficient (Wildman–Crippen LogP) is 3.60. The molecule has 0 unspecified atom stereocenters. The number of halogens is 3. The molecule has 1 N–H and O–H groups in total. The third-order valence-electron chi connectivity index (χ3n) is 3.91. The average Bonchev–Trinajstić information content (AvgIpc) is 2.97. The lowest BCUT2D eigenvalue weighted by Crippen LogP contribution is -2.36. The van der Waals surface area contributed by atoms with E-state index < -0.39 is 18.6 Å². The van der Waals surface area contributed by atoms with E-state index in [2.05, 4.69) is 4.98 Å². The first-order valence-corrected chi connectivity index (χ1v) is 8.29. The van der Waals surface area contributed by atoms with E-state index >= 15 is 0 Å². The number of benzene rings is 2. The molecule has 1 amide bonds. The lowest BCUT2D eigenvalue weighted by molar-refractivity contribution is -0.138. The van der Waals surface area contributed by atoms with Crippen LogP contribution >= 0.6 is 0 Å². The van der Waals surface area contributed by atoms with Gasteiger partial charge in [-0.3, -0.25) is 4.79 Å². The molecule has 0 saturated heterocycles. The van der Waals surface area contributed by atoms with Crippen LogP contribution in [0.4, 0.5) is 13.2 Å². The van der Waals surface area contributed by atoms with E-state index in [9.17, 15) is 18.0 Å². The molecule has 0 bridgehead atoms. The summed E-state index contributed by atoms with van der Waals surface area (Å²) >= 11 is 0. The van der Waals surface area contributed by atoms with Gasteiger partial charge < -0.3 is 14.6 Å². The number of ether oxygens (including phenoxy) is 1. The number of aryl methyl sites for hydroxylation is 1. The van der Waals surface area contributed by atoms with Crippen molar-refractivity contribution in [3.63, 3.8) is 0 Å². The van der Waals surface area contributed by atoms with Gasteiger partial charge in [-0.25, -0.2) is 4.98 Å². The van der Waals surface area contributed by atoms with Crippen LogP contribution in [0.2, 0.25) is 0 Å². The molecule has 3 aromatic rings. The molecule has 27 heavy (non-hydrogen) atoms. The summed E-state index contributed by atoms with van der Waals surface area (Å²) in [5.74, 6) is 0.353. The van der Waals surface area contributed by atoms with Gasteiger partial charge in [-0.05, 0) is 31.2 Å². The maximum absolute atomic E-state index is 12.3. The molecule has 1 aromatic heterocycles. The van der Waals surface area contributed by atoms with Gasteiger partial charge in [0.05, 0.1) is 11.0 Å². The van der Waals surface area contributed by atoms with Gasteiger partial charge in [0, 0.05) is 0 Å². The van der Waals surface area contributed by atoms with Gasteiger partial charge >= 0.3 is 6.18 Å². The topological polar surface area (TPSA) is 56.2 Å². The Balaban J connectivity index is 1.78. The van der Waals surface area contributed by atoms with E-state index in [4.69, 9.17) is 4.74 Å². The zero-order valence-electron chi connectivity index (χ0n) is 14.6. The van der Waals surface area contributed by atoms with Crippen molar-refractivity contribution in [3.05, 3.63) is 59.9 Å². The molecule has 0 spiro atoms. The Hall–Kier alpha value is -3.03. The highest BCUT2D eigenvalue weighted by atomic mass is 19.4. The fraction of sp³-hybridized carbons (Fsp3) is 0.263. The van der Waals surface area contributed by atoms with E-state index in [0.717, 1.165) is 5.56 Å². The van der Waals surface area contributed by atoms with Crippen LogP contribution in [-0.4, -0.2) is 28.2 Å². The normalized spacial score (nSPS) is 11.6. The minimum absolute atomic E-state index is 0.0876. The molecular weight excluding hydrogens is 359 g/mol. The number of nitrogens with zero attached hydrogens (tertiary/aromatic N) is 2. The van der Waals surface area contributed by atoms with Crippen LogP contribution in [0.3, 0.4) is 0 Å². The maximum Gasteiger partial charge on any atom is 0.405 e. The number of rotatable bonds is 6. The summed E-state index contributed by atoms with van der Waals surface area (Å²) in [6, 6.07) is 14.6. The third-order valence-corrected chi connectivity index (χ3v) is 3.91. The van der Waals surface area contributed by atoms with Gasteiger partial charge in [0.25, 0.3) is 0 Å². The number of fused-ring (bicyclic) bond motifs is 1. The van der Waals surface area contributed by atoms with E-state index in [0.29, 0.717) is 22.6 Å². The maximum atomic E-state index is 12.3. The standard InChI is InChI=1S/C19H18F3N3O2/c1-13-6-8-14(9-7-13)27-11-17-24-15-4-2-3-5-16(15)25(17)10-18(26)23-12-19(20,21)22/h2-9H,10-12H2,1H3,(H,23,26). The fourth-order valence-corrected chi connectivity index (χ4v) is 2.59. The highest BCUT2D eigenvalue weighted by Gasteiger charge is 2.28. The molecule has 5 nitrogen and oxygen atoms in total. The number of hydrogen-bond acceptors (Lipinski definition) is 3. The molecule has 0 saturated carbocycles. The van der Waals surface area contributed by atoms with Crippen LogP contribution in [0.5, 0.6) is 5.75 Å². The lowest BCUT2D eigenvalue weighted by Gasteiger charge is -2.12. The Morgan fingerprint density at radius 3 is 2.56 bits per heavy atom. The molecular formula is C19H18F3N3O2. The summed E-state index contributed by atoms with van der Waals surface area (Å²) in [5, 5.41) is 1.88. The highest BCUT2D eigenvalue weighted by molar-refractivity contribution is 5.81. The number of para-hydroxylation sites is 2. The predicted molar refractivity (Wildman–Crippen MR) is 94.3 cm³/mol. The van der Waals surface area contributed by atoms with Gasteiger partial charge in [0.15, 0.2) is 0 Å². The average molecular weight is 377 g/mol. The van der Waals surface area contributed by atoms with Crippen LogP contribution in [0.25, 0.3) is 11.0 Å². The minimum atomic E-state index is -4.45. The molecule has 0 aliphatic heterocycles. The number of alkyl halides is 3. The molecule has 2 aromatic carbocycles. The molecule has 0 atom stereocenters. The number of carbonyl (C=O) groups excluding carboxylic acids is 1. The number of amides is 1. The van der Waals surface area contributed by atoms with Crippen LogP contribution in [0.1, 0.15) is 11.4 Å². The molecule has 1 heterocycles. The van der Waals surface area contributed by atoms with Gasteiger partial charge in [-0.2, -0.15) is 13.2 Å².